The fraction of sp³-hybridized carbons (Fsp3) is 0.444. The number of nitrogens with one attached hydrogen (secondary N) is 1. The molecule has 0 bridgehead atoms. The van der Waals surface area contributed by atoms with Crippen molar-refractivity contribution in [3.63, 3.8) is 0 Å². The van der Waals surface area contributed by atoms with Crippen molar-refractivity contribution in [3.8, 4) is 5.69 Å². The summed E-state index contributed by atoms with van der Waals surface area (Å²) in [6.07, 6.45) is 5.34. The van der Waals surface area contributed by atoms with Gasteiger partial charge < -0.3 is 14.6 Å². The van der Waals surface area contributed by atoms with Crippen molar-refractivity contribution in [2.45, 2.75) is 19.4 Å². The first-order valence-electron chi connectivity index (χ1n) is 8.26. The van der Waals surface area contributed by atoms with E-state index in [0.29, 0.717) is 12.1 Å². The first kappa shape index (κ1) is 16.7. The summed E-state index contributed by atoms with van der Waals surface area (Å²) in [5.41, 5.74) is 1.56. The Morgan fingerprint density at radius 3 is 2.58 bits per heavy atom. The van der Waals surface area contributed by atoms with Gasteiger partial charge in [0.05, 0.1) is 19.5 Å². The number of carbonyl (C=O) groups is 1. The van der Waals surface area contributed by atoms with E-state index in [-0.39, 0.29) is 11.4 Å². The predicted octanol–water partition coefficient (Wildman–Crippen LogP) is 1.71. The largest absolute Gasteiger partial charge is 0.379 e. The lowest BCUT2D eigenvalue weighted by atomic mass is 10.0. The van der Waals surface area contributed by atoms with Crippen LogP contribution in [0.15, 0.2) is 43.0 Å². The van der Waals surface area contributed by atoms with E-state index in [2.05, 4.69) is 29.0 Å². The molecule has 1 aromatic carbocycles. The van der Waals surface area contributed by atoms with Gasteiger partial charge in [-0.25, -0.2) is 4.98 Å². The maximum absolute atomic E-state index is 12.4. The smallest absolute Gasteiger partial charge is 0.251 e. The quantitative estimate of drug-likeness (QED) is 0.908. The predicted molar refractivity (Wildman–Crippen MR) is 92.4 cm³/mol. The van der Waals surface area contributed by atoms with Crippen molar-refractivity contribution in [3.05, 3.63) is 48.5 Å². The molecule has 0 saturated carbocycles. The van der Waals surface area contributed by atoms with E-state index in [0.717, 1.165) is 32.0 Å². The van der Waals surface area contributed by atoms with E-state index in [1.807, 2.05) is 35.0 Å². The summed E-state index contributed by atoms with van der Waals surface area (Å²) >= 11 is 0. The SMILES string of the molecule is CC(C)(CNC(=O)c1ccc(-n2ccnc2)cc1)N1CCOCC1. The van der Waals surface area contributed by atoms with Gasteiger partial charge in [0, 0.05) is 48.8 Å². The van der Waals surface area contributed by atoms with Crippen LogP contribution in [-0.2, 0) is 4.74 Å². The molecule has 1 saturated heterocycles. The number of hydrogen-bond acceptors (Lipinski definition) is 4. The molecule has 1 aliphatic rings. The van der Waals surface area contributed by atoms with Crippen LogP contribution in [0.2, 0.25) is 0 Å². The van der Waals surface area contributed by atoms with E-state index in [9.17, 15) is 4.79 Å². The summed E-state index contributed by atoms with van der Waals surface area (Å²) in [7, 11) is 0. The highest BCUT2D eigenvalue weighted by atomic mass is 16.5. The first-order valence-corrected chi connectivity index (χ1v) is 8.26. The highest BCUT2D eigenvalue weighted by Gasteiger charge is 2.28. The van der Waals surface area contributed by atoms with Gasteiger partial charge in [0.2, 0.25) is 0 Å². The molecule has 0 atom stereocenters. The zero-order valence-electron chi connectivity index (χ0n) is 14.2. The zero-order chi connectivity index (χ0) is 17.0. The molecule has 1 fully saturated rings. The topological polar surface area (TPSA) is 59.4 Å². The van der Waals surface area contributed by atoms with Crippen LogP contribution in [0.1, 0.15) is 24.2 Å². The Morgan fingerprint density at radius 2 is 1.96 bits per heavy atom. The molecule has 6 nitrogen and oxygen atoms in total. The van der Waals surface area contributed by atoms with Crippen molar-refractivity contribution < 1.29 is 9.53 Å². The van der Waals surface area contributed by atoms with Crippen LogP contribution >= 0.6 is 0 Å². The lowest BCUT2D eigenvalue weighted by molar-refractivity contribution is -0.00923. The number of ether oxygens (including phenoxy) is 1. The zero-order valence-corrected chi connectivity index (χ0v) is 14.2. The maximum atomic E-state index is 12.4. The first-order chi connectivity index (χ1) is 11.6. The number of nitrogens with zero attached hydrogens (tertiary/aromatic N) is 3. The number of hydrogen-bond donors (Lipinski definition) is 1. The van der Waals surface area contributed by atoms with Gasteiger partial charge in [0.15, 0.2) is 0 Å². The molecular weight excluding hydrogens is 304 g/mol. The molecule has 128 valence electrons. The Kier molecular flexibility index (Phi) is 4.97. The van der Waals surface area contributed by atoms with Crippen molar-refractivity contribution in [2.24, 2.45) is 0 Å². The summed E-state index contributed by atoms with van der Waals surface area (Å²) in [6, 6.07) is 7.52. The van der Waals surface area contributed by atoms with Gasteiger partial charge in [-0.1, -0.05) is 0 Å². The fourth-order valence-corrected chi connectivity index (χ4v) is 2.88. The summed E-state index contributed by atoms with van der Waals surface area (Å²) < 4.78 is 7.30. The Bertz CT molecular complexity index is 659. The van der Waals surface area contributed by atoms with Gasteiger partial charge in [-0.2, -0.15) is 0 Å². The number of amides is 1. The van der Waals surface area contributed by atoms with Crippen molar-refractivity contribution >= 4 is 5.91 Å². The number of aromatic nitrogens is 2. The highest BCUT2D eigenvalue weighted by molar-refractivity contribution is 5.94. The van der Waals surface area contributed by atoms with Crippen LogP contribution in [0, 0.1) is 0 Å². The summed E-state index contributed by atoms with van der Waals surface area (Å²) in [6.45, 7) is 8.24. The van der Waals surface area contributed by atoms with Crippen LogP contribution in [-0.4, -0.2) is 58.7 Å². The van der Waals surface area contributed by atoms with E-state index < -0.39 is 0 Å². The van der Waals surface area contributed by atoms with E-state index in [4.69, 9.17) is 4.74 Å². The Labute approximate surface area is 142 Å². The number of carbonyl (C=O) groups excluding carboxylic acids is 1. The molecule has 1 amide bonds. The van der Waals surface area contributed by atoms with Crippen LogP contribution in [0.3, 0.4) is 0 Å². The third-order valence-electron chi connectivity index (χ3n) is 4.48. The minimum Gasteiger partial charge on any atom is -0.379 e. The molecule has 0 radical (unpaired) electrons. The monoisotopic (exact) mass is 328 g/mol. The molecule has 24 heavy (non-hydrogen) atoms. The van der Waals surface area contributed by atoms with Gasteiger partial charge in [0.25, 0.3) is 5.91 Å². The molecule has 1 N–H and O–H groups in total. The summed E-state index contributed by atoms with van der Waals surface area (Å²) in [5.74, 6) is -0.0477. The standard InChI is InChI=1S/C18H24N4O2/c1-18(2,22-9-11-24-12-10-22)13-20-17(23)15-3-5-16(6-4-15)21-8-7-19-14-21/h3-8,14H,9-13H2,1-2H3,(H,20,23). The Balaban J connectivity index is 1.58. The summed E-state index contributed by atoms with van der Waals surface area (Å²) in [4.78, 5) is 18.8. The number of benzene rings is 1. The van der Waals surface area contributed by atoms with Gasteiger partial charge in [-0.05, 0) is 38.1 Å². The molecule has 6 heteroatoms. The summed E-state index contributed by atoms with van der Waals surface area (Å²) in [5, 5.41) is 3.05. The molecule has 0 unspecified atom stereocenters. The van der Waals surface area contributed by atoms with Gasteiger partial charge in [-0.3, -0.25) is 9.69 Å². The van der Waals surface area contributed by atoms with Crippen LogP contribution in [0.25, 0.3) is 5.69 Å². The number of morpholine rings is 1. The average molecular weight is 328 g/mol. The molecule has 2 aromatic rings. The third-order valence-corrected chi connectivity index (χ3v) is 4.48. The van der Waals surface area contributed by atoms with Gasteiger partial charge >= 0.3 is 0 Å². The Morgan fingerprint density at radius 1 is 1.25 bits per heavy atom. The fourth-order valence-electron chi connectivity index (χ4n) is 2.88. The van der Waals surface area contributed by atoms with Crippen molar-refractivity contribution in [2.75, 3.05) is 32.8 Å². The minimum atomic E-state index is -0.0871. The van der Waals surface area contributed by atoms with Crippen molar-refractivity contribution in [1.82, 2.24) is 19.8 Å². The molecule has 0 aliphatic carbocycles. The van der Waals surface area contributed by atoms with E-state index in [1.54, 1.807) is 12.5 Å². The lowest BCUT2D eigenvalue weighted by Crippen LogP contribution is -2.55. The van der Waals surface area contributed by atoms with Crippen LogP contribution in [0.4, 0.5) is 0 Å². The van der Waals surface area contributed by atoms with E-state index in [1.165, 1.54) is 0 Å². The second kappa shape index (κ2) is 7.15. The molecule has 1 aromatic heterocycles. The normalized spacial score (nSPS) is 16.1. The number of rotatable bonds is 5. The molecule has 3 rings (SSSR count). The number of imidazole rings is 1. The lowest BCUT2D eigenvalue weighted by Gasteiger charge is -2.40. The maximum Gasteiger partial charge on any atom is 0.251 e. The molecule has 1 aliphatic heterocycles. The second-order valence-electron chi connectivity index (χ2n) is 6.61. The second-order valence-corrected chi connectivity index (χ2v) is 6.61. The Hall–Kier alpha value is -2.18. The molecular formula is C18H24N4O2. The third kappa shape index (κ3) is 3.83. The van der Waals surface area contributed by atoms with Crippen LogP contribution in [0.5, 0.6) is 0 Å². The average Bonchev–Trinajstić information content (AvgIpc) is 3.15. The van der Waals surface area contributed by atoms with E-state index >= 15 is 0 Å². The van der Waals surface area contributed by atoms with Gasteiger partial charge in [-0.15, -0.1) is 0 Å². The van der Waals surface area contributed by atoms with Crippen molar-refractivity contribution in [1.29, 1.82) is 0 Å². The van der Waals surface area contributed by atoms with Gasteiger partial charge in [0.1, 0.15) is 0 Å². The molecule has 2 heterocycles. The molecule has 0 spiro atoms. The minimum absolute atomic E-state index is 0.0477. The highest BCUT2D eigenvalue weighted by Crippen LogP contribution is 2.15. The van der Waals surface area contributed by atoms with Crippen LogP contribution < -0.4 is 5.32 Å².